The molecule has 1 heterocycles. The normalized spacial score (nSPS) is 12.2. The molecule has 0 radical (unpaired) electrons. The number of carboxylic acids is 1. The summed E-state index contributed by atoms with van der Waals surface area (Å²) in [5.74, 6) is -1.55. The maximum absolute atomic E-state index is 13.4. The number of carbonyl (C=O) groups is 2. The van der Waals surface area contributed by atoms with E-state index in [0.717, 1.165) is 28.3 Å². The second kappa shape index (κ2) is 15.3. The molecule has 1 unspecified atom stereocenters. The lowest BCUT2D eigenvalue weighted by molar-refractivity contribution is 0.00362. The summed E-state index contributed by atoms with van der Waals surface area (Å²) >= 11 is 0. The number of likely N-dealkylation sites (N-methyl/N-ethyl adjacent to an activating group) is 1. The number of nitrogens with zero attached hydrogens (tertiary/aromatic N) is 3. The van der Waals surface area contributed by atoms with Crippen LogP contribution in [0.25, 0.3) is 11.3 Å². The lowest BCUT2D eigenvalue weighted by Crippen LogP contribution is -2.42. The van der Waals surface area contributed by atoms with Crippen molar-refractivity contribution in [2.75, 3.05) is 24.9 Å². The van der Waals surface area contributed by atoms with Crippen molar-refractivity contribution in [3.05, 3.63) is 101 Å². The van der Waals surface area contributed by atoms with Crippen molar-refractivity contribution in [2.45, 2.75) is 57.8 Å². The van der Waals surface area contributed by atoms with E-state index in [9.17, 15) is 23.1 Å². The average Bonchev–Trinajstić information content (AvgIpc) is 3.00. The Hall–Kier alpha value is -5.01. The minimum absolute atomic E-state index is 0.0190. The summed E-state index contributed by atoms with van der Waals surface area (Å²) in [4.78, 5) is 34.3. The van der Waals surface area contributed by atoms with Crippen LogP contribution in [-0.2, 0) is 26.1 Å². The Morgan fingerprint density at radius 3 is 2.25 bits per heavy atom. The maximum Gasteiger partial charge on any atom is 0.410 e. The van der Waals surface area contributed by atoms with Gasteiger partial charge in [0.15, 0.2) is 0 Å². The van der Waals surface area contributed by atoms with E-state index < -0.39 is 33.8 Å². The van der Waals surface area contributed by atoms with Crippen molar-refractivity contribution in [2.24, 2.45) is 0 Å². The van der Waals surface area contributed by atoms with Gasteiger partial charge in [0.2, 0.25) is 11.8 Å². The topological polar surface area (TPSA) is 157 Å². The number of aryl methyl sites for hydroxylation is 2. The van der Waals surface area contributed by atoms with Crippen molar-refractivity contribution >= 4 is 28.0 Å². The Bertz CT molecular complexity index is 1840. The Morgan fingerprint density at radius 1 is 0.938 bits per heavy atom. The number of aromatic carboxylic acids is 1. The van der Waals surface area contributed by atoms with Gasteiger partial charge in [0.25, 0.3) is 10.0 Å². The summed E-state index contributed by atoms with van der Waals surface area (Å²) in [6.45, 7) is 9.51. The summed E-state index contributed by atoms with van der Waals surface area (Å²) in [6.07, 6.45) is -1.32. The molecule has 48 heavy (non-hydrogen) atoms. The summed E-state index contributed by atoms with van der Waals surface area (Å²) in [5.41, 5.74) is 2.94. The van der Waals surface area contributed by atoms with Crippen LogP contribution in [0.3, 0.4) is 0 Å². The van der Waals surface area contributed by atoms with Gasteiger partial charge < -0.3 is 24.2 Å². The summed E-state index contributed by atoms with van der Waals surface area (Å²) < 4.78 is 47.0. The van der Waals surface area contributed by atoms with E-state index >= 15 is 0 Å². The van der Waals surface area contributed by atoms with Crippen LogP contribution in [0.2, 0.25) is 0 Å². The number of hydrogen-bond donors (Lipinski definition) is 2. The van der Waals surface area contributed by atoms with E-state index in [2.05, 4.69) is 14.7 Å². The van der Waals surface area contributed by atoms with Crippen LogP contribution in [0.15, 0.2) is 83.8 Å². The Labute approximate surface area is 280 Å². The molecule has 1 atom stereocenters. The number of ether oxygens (including phenoxy) is 3. The second-order valence-corrected chi connectivity index (χ2v) is 13.9. The molecule has 13 heteroatoms. The number of aromatic nitrogens is 2. The van der Waals surface area contributed by atoms with Gasteiger partial charge in [-0.3, -0.25) is 0 Å². The predicted molar refractivity (Wildman–Crippen MR) is 181 cm³/mol. The van der Waals surface area contributed by atoms with E-state index in [-0.39, 0.29) is 42.0 Å². The predicted octanol–water partition coefficient (Wildman–Crippen LogP) is 6.09. The fraction of sp³-hybridized carbons (Fsp3) is 0.314. The molecule has 0 spiro atoms. The molecule has 3 aromatic carbocycles. The smallest absolute Gasteiger partial charge is 0.410 e. The maximum atomic E-state index is 13.4. The van der Waals surface area contributed by atoms with E-state index in [1.165, 1.54) is 23.1 Å². The lowest BCUT2D eigenvalue weighted by Gasteiger charge is -2.28. The SMILES string of the molecule is Cc1cccc(C)c1-c1cc(OC(COCc2ccccc2)CN(C)C(=O)OC(C)(C)C)nc(NS(=O)(=O)c2cccc(C(=O)O)c2)n1. The zero-order valence-corrected chi connectivity index (χ0v) is 28.6. The zero-order valence-electron chi connectivity index (χ0n) is 27.8. The molecule has 0 fully saturated rings. The minimum Gasteiger partial charge on any atom is -0.478 e. The number of carboxylic acid groups (broad SMARTS) is 1. The van der Waals surface area contributed by atoms with Crippen LogP contribution in [0, 0.1) is 13.8 Å². The minimum atomic E-state index is -4.31. The number of benzene rings is 3. The average molecular weight is 677 g/mol. The van der Waals surface area contributed by atoms with Gasteiger partial charge in [-0.15, -0.1) is 0 Å². The van der Waals surface area contributed by atoms with Crippen molar-refractivity contribution in [3.63, 3.8) is 0 Å². The fourth-order valence-electron chi connectivity index (χ4n) is 4.75. The molecular weight excluding hydrogens is 636 g/mol. The molecule has 0 aliphatic heterocycles. The number of nitrogens with one attached hydrogen (secondary N) is 1. The first-order valence-corrected chi connectivity index (χ1v) is 16.6. The highest BCUT2D eigenvalue weighted by Crippen LogP contribution is 2.30. The third-order valence-electron chi connectivity index (χ3n) is 6.94. The highest BCUT2D eigenvalue weighted by atomic mass is 32.2. The first-order valence-electron chi connectivity index (χ1n) is 15.2. The molecule has 0 aliphatic rings. The van der Waals surface area contributed by atoms with Gasteiger partial charge in [-0.25, -0.2) is 27.7 Å². The highest BCUT2D eigenvalue weighted by molar-refractivity contribution is 7.92. The Morgan fingerprint density at radius 2 is 1.60 bits per heavy atom. The zero-order chi connectivity index (χ0) is 35.1. The first-order chi connectivity index (χ1) is 22.6. The van der Waals surface area contributed by atoms with Crippen molar-refractivity contribution in [1.29, 1.82) is 0 Å². The van der Waals surface area contributed by atoms with Crippen LogP contribution < -0.4 is 9.46 Å². The lowest BCUT2D eigenvalue weighted by atomic mass is 10.00. The van der Waals surface area contributed by atoms with Gasteiger partial charge in [-0.2, -0.15) is 4.98 Å². The van der Waals surface area contributed by atoms with Crippen LogP contribution >= 0.6 is 0 Å². The number of sulfonamides is 1. The molecule has 4 aromatic rings. The molecule has 0 aliphatic carbocycles. The van der Waals surface area contributed by atoms with Gasteiger partial charge >= 0.3 is 12.1 Å². The number of carbonyl (C=O) groups excluding carboxylic acids is 1. The third-order valence-corrected chi connectivity index (χ3v) is 8.27. The number of amides is 1. The molecule has 0 bridgehead atoms. The van der Waals surface area contributed by atoms with E-state index in [1.807, 2.05) is 62.4 Å². The standard InChI is InChI=1S/C35H40N4O8S/c1-23-12-10-13-24(2)31(23)29-19-30(37-33(36-29)38-48(43,44)28-17-11-16-26(18-28)32(40)41)46-27(20-39(6)34(42)47-35(3,4)5)22-45-21-25-14-8-7-9-15-25/h7-19,27H,20-22H2,1-6H3,(H,40,41)(H,36,37,38). The molecule has 0 saturated carbocycles. The van der Waals surface area contributed by atoms with E-state index in [0.29, 0.717) is 5.69 Å². The molecule has 1 amide bonds. The largest absolute Gasteiger partial charge is 0.478 e. The van der Waals surface area contributed by atoms with Gasteiger partial charge in [-0.05, 0) is 69.5 Å². The summed E-state index contributed by atoms with van der Waals surface area (Å²) in [7, 11) is -2.74. The van der Waals surface area contributed by atoms with Gasteiger partial charge in [0.05, 0.1) is 35.9 Å². The molecule has 254 valence electrons. The first kappa shape index (κ1) is 35.8. The number of rotatable bonds is 13. The third kappa shape index (κ3) is 9.99. The Kier molecular flexibility index (Phi) is 11.4. The van der Waals surface area contributed by atoms with E-state index in [4.69, 9.17) is 14.2 Å². The van der Waals surface area contributed by atoms with Crippen LogP contribution in [0.5, 0.6) is 5.88 Å². The summed E-state index contributed by atoms with van der Waals surface area (Å²) in [6, 6.07) is 21.8. The van der Waals surface area contributed by atoms with Crippen molar-refractivity contribution in [1.82, 2.24) is 14.9 Å². The van der Waals surface area contributed by atoms with Gasteiger partial charge in [-0.1, -0.05) is 54.6 Å². The van der Waals surface area contributed by atoms with Gasteiger partial charge in [0.1, 0.15) is 11.7 Å². The quantitative estimate of drug-likeness (QED) is 0.170. The molecule has 1 aromatic heterocycles. The van der Waals surface area contributed by atoms with Crippen LogP contribution in [0.4, 0.5) is 10.7 Å². The highest BCUT2D eigenvalue weighted by Gasteiger charge is 2.25. The van der Waals surface area contributed by atoms with Gasteiger partial charge in [0, 0.05) is 18.7 Å². The number of hydrogen-bond acceptors (Lipinski definition) is 9. The monoisotopic (exact) mass is 676 g/mol. The molecule has 4 rings (SSSR count). The summed E-state index contributed by atoms with van der Waals surface area (Å²) in [5, 5.41) is 9.38. The molecule has 2 N–H and O–H groups in total. The molecular formula is C35H40N4O8S. The molecule has 12 nitrogen and oxygen atoms in total. The fourth-order valence-corrected chi connectivity index (χ4v) is 5.74. The van der Waals surface area contributed by atoms with Crippen molar-refractivity contribution < 1.29 is 37.3 Å². The van der Waals surface area contributed by atoms with Crippen molar-refractivity contribution in [3.8, 4) is 17.1 Å². The molecule has 0 saturated heterocycles. The van der Waals surface area contributed by atoms with E-state index in [1.54, 1.807) is 33.9 Å². The Balaban J connectivity index is 1.70. The van der Waals surface area contributed by atoms with Crippen LogP contribution in [0.1, 0.15) is 47.8 Å². The second-order valence-electron chi connectivity index (χ2n) is 12.2. The number of anilines is 1. The van der Waals surface area contributed by atoms with Crippen LogP contribution in [-0.4, -0.2) is 72.4 Å².